The molecule has 2 aromatic carbocycles. The van der Waals surface area contributed by atoms with Gasteiger partial charge in [0.25, 0.3) is 11.8 Å². The maximum absolute atomic E-state index is 12.5. The number of carbonyl (C=O) groups excluding carboxylic acids is 2. The zero-order chi connectivity index (χ0) is 22.1. The molecule has 0 aliphatic heterocycles. The van der Waals surface area contributed by atoms with Gasteiger partial charge in [0.1, 0.15) is 11.8 Å². The number of halogens is 2. The van der Waals surface area contributed by atoms with Crippen molar-refractivity contribution in [2.45, 2.75) is 33.2 Å². The lowest BCUT2D eigenvalue weighted by molar-refractivity contribution is -0.123. The van der Waals surface area contributed by atoms with Crippen LogP contribution in [0.25, 0.3) is 0 Å². The molecule has 6 nitrogen and oxygen atoms in total. The average Bonchev–Trinajstić information content (AvgIpc) is 2.70. The molecule has 8 heteroatoms. The van der Waals surface area contributed by atoms with Crippen LogP contribution in [0, 0.1) is 5.92 Å². The molecule has 1 atom stereocenters. The Hall–Kier alpha value is -2.57. The topological polar surface area (TPSA) is 79.8 Å². The molecule has 2 N–H and O–H groups in total. The van der Waals surface area contributed by atoms with E-state index in [0.29, 0.717) is 11.6 Å². The highest BCUT2D eigenvalue weighted by molar-refractivity contribution is 6.36. The van der Waals surface area contributed by atoms with Gasteiger partial charge in [0.15, 0.2) is 0 Å². The molecule has 0 spiro atoms. The van der Waals surface area contributed by atoms with Crippen LogP contribution in [0.3, 0.4) is 0 Å². The van der Waals surface area contributed by atoms with E-state index in [1.165, 1.54) is 18.3 Å². The van der Waals surface area contributed by atoms with E-state index < -0.39 is 17.9 Å². The van der Waals surface area contributed by atoms with Gasteiger partial charge in [-0.3, -0.25) is 9.59 Å². The van der Waals surface area contributed by atoms with Gasteiger partial charge in [0, 0.05) is 5.02 Å². The highest BCUT2D eigenvalue weighted by Gasteiger charge is 2.25. The Morgan fingerprint density at radius 3 is 2.43 bits per heavy atom. The molecule has 0 heterocycles. The van der Waals surface area contributed by atoms with Crippen molar-refractivity contribution in [3.05, 3.63) is 63.6 Å². The number of hydrazone groups is 1. The van der Waals surface area contributed by atoms with E-state index in [2.05, 4.69) is 15.8 Å². The molecule has 0 aromatic heterocycles. The van der Waals surface area contributed by atoms with Gasteiger partial charge in [-0.25, -0.2) is 5.43 Å². The first-order chi connectivity index (χ1) is 14.3. The Morgan fingerprint density at radius 2 is 1.83 bits per heavy atom. The minimum atomic E-state index is -0.786. The third kappa shape index (κ3) is 7.04. The van der Waals surface area contributed by atoms with Gasteiger partial charge in [-0.1, -0.05) is 44.0 Å². The molecule has 2 aromatic rings. The highest BCUT2D eigenvalue weighted by Crippen LogP contribution is 2.21. The average molecular weight is 450 g/mol. The van der Waals surface area contributed by atoms with Crippen molar-refractivity contribution in [2.24, 2.45) is 11.0 Å². The number of hydrogen-bond acceptors (Lipinski definition) is 4. The largest absolute Gasteiger partial charge is 0.494 e. The zero-order valence-corrected chi connectivity index (χ0v) is 18.6. The van der Waals surface area contributed by atoms with Crippen LogP contribution < -0.4 is 15.5 Å². The molecule has 2 rings (SSSR count). The molecule has 1 unspecified atom stereocenters. The maximum atomic E-state index is 12.5. The van der Waals surface area contributed by atoms with Gasteiger partial charge in [-0.2, -0.15) is 5.10 Å². The Labute approximate surface area is 186 Å². The summed E-state index contributed by atoms with van der Waals surface area (Å²) in [7, 11) is 0. The van der Waals surface area contributed by atoms with Crippen LogP contribution in [-0.4, -0.2) is 30.7 Å². The van der Waals surface area contributed by atoms with E-state index in [0.717, 1.165) is 17.7 Å². The molecule has 30 heavy (non-hydrogen) atoms. The molecule has 0 aliphatic carbocycles. The van der Waals surface area contributed by atoms with Crippen molar-refractivity contribution in [2.75, 3.05) is 6.61 Å². The smallest absolute Gasteiger partial charge is 0.262 e. The second-order valence-electron chi connectivity index (χ2n) is 6.97. The molecule has 160 valence electrons. The van der Waals surface area contributed by atoms with E-state index in [1.807, 2.05) is 45.0 Å². The predicted molar refractivity (Wildman–Crippen MR) is 121 cm³/mol. The number of nitrogens with one attached hydrogen (secondary N) is 2. The molecule has 0 fully saturated rings. The van der Waals surface area contributed by atoms with Gasteiger partial charge < -0.3 is 10.1 Å². The number of rotatable bonds is 9. The van der Waals surface area contributed by atoms with Crippen molar-refractivity contribution >= 4 is 41.2 Å². The maximum Gasteiger partial charge on any atom is 0.262 e. The summed E-state index contributed by atoms with van der Waals surface area (Å²) in [6.07, 6.45) is 2.46. The first-order valence-corrected chi connectivity index (χ1v) is 10.4. The van der Waals surface area contributed by atoms with Gasteiger partial charge in [-0.05, 0) is 60.4 Å². The Bertz CT molecular complexity index is 899. The zero-order valence-electron chi connectivity index (χ0n) is 17.1. The van der Waals surface area contributed by atoms with E-state index >= 15 is 0 Å². The van der Waals surface area contributed by atoms with Gasteiger partial charge in [0.2, 0.25) is 0 Å². The second-order valence-corrected chi connectivity index (χ2v) is 7.81. The fraction of sp³-hybridized carbons (Fsp3) is 0.318. The van der Waals surface area contributed by atoms with E-state index in [-0.39, 0.29) is 16.5 Å². The van der Waals surface area contributed by atoms with Crippen LogP contribution in [0.2, 0.25) is 10.0 Å². The molecule has 0 saturated carbocycles. The van der Waals surface area contributed by atoms with Crippen molar-refractivity contribution in [1.29, 1.82) is 0 Å². The Morgan fingerprint density at radius 1 is 1.13 bits per heavy atom. The number of amides is 2. The molecule has 0 bridgehead atoms. The third-order valence-electron chi connectivity index (χ3n) is 4.15. The van der Waals surface area contributed by atoms with Gasteiger partial charge >= 0.3 is 0 Å². The lowest BCUT2D eigenvalue weighted by Crippen LogP contribution is -2.48. The number of benzene rings is 2. The van der Waals surface area contributed by atoms with Crippen molar-refractivity contribution in [1.82, 2.24) is 10.7 Å². The minimum absolute atomic E-state index is 0.162. The summed E-state index contributed by atoms with van der Waals surface area (Å²) < 4.78 is 5.53. The number of nitrogens with zero attached hydrogens (tertiary/aromatic N) is 1. The van der Waals surface area contributed by atoms with E-state index in [1.54, 1.807) is 6.07 Å². The van der Waals surface area contributed by atoms with Gasteiger partial charge in [0.05, 0.1) is 23.4 Å². The van der Waals surface area contributed by atoms with Crippen molar-refractivity contribution in [3.8, 4) is 5.75 Å². The Kier molecular flexibility index (Phi) is 9.15. The van der Waals surface area contributed by atoms with Crippen LogP contribution in [0.5, 0.6) is 5.75 Å². The molecule has 0 aliphatic rings. The molecular formula is C22H25Cl2N3O3. The standard InChI is InChI=1S/C22H25Cl2N3O3/c1-4-11-30-17-8-5-15(6-9-17)13-25-27-22(29)20(14(2)3)26-21(28)18-10-7-16(23)12-19(18)24/h5-10,12-14,20H,4,11H2,1-3H3,(H,26,28)(H,27,29)/b25-13-. The van der Waals surface area contributed by atoms with Gasteiger partial charge in [-0.15, -0.1) is 0 Å². The SMILES string of the molecule is CCCOc1ccc(/C=N\NC(=O)C(NC(=O)c2ccc(Cl)cc2Cl)C(C)C)cc1. The molecule has 0 radical (unpaired) electrons. The molecule has 0 saturated heterocycles. The minimum Gasteiger partial charge on any atom is -0.494 e. The van der Waals surface area contributed by atoms with Crippen LogP contribution >= 0.6 is 23.2 Å². The second kappa shape index (κ2) is 11.6. The Balaban J connectivity index is 1.98. The third-order valence-corrected chi connectivity index (χ3v) is 4.70. The molecule has 2 amide bonds. The van der Waals surface area contributed by atoms with E-state index in [4.69, 9.17) is 27.9 Å². The van der Waals surface area contributed by atoms with Crippen molar-refractivity contribution in [3.63, 3.8) is 0 Å². The van der Waals surface area contributed by atoms with Crippen LogP contribution in [-0.2, 0) is 4.79 Å². The predicted octanol–water partition coefficient (Wildman–Crippen LogP) is 4.69. The first kappa shape index (κ1) is 23.7. The van der Waals surface area contributed by atoms with Crippen molar-refractivity contribution < 1.29 is 14.3 Å². The summed E-state index contributed by atoms with van der Waals surface area (Å²) in [5, 5.41) is 7.33. The quantitative estimate of drug-likeness (QED) is 0.430. The summed E-state index contributed by atoms with van der Waals surface area (Å²) in [4.78, 5) is 25.1. The summed E-state index contributed by atoms with van der Waals surface area (Å²) in [6.45, 7) is 6.35. The molecular weight excluding hydrogens is 425 g/mol. The monoisotopic (exact) mass is 449 g/mol. The fourth-order valence-electron chi connectivity index (χ4n) is 2.54. The fourth-order valence-corrected chi connectivity index (χ4v) is 3.03. The number of ether oxygens (including phenoxy) is 1. The summed E-state index contributed by atoms with van der Waals surface area (Å²) in [5.41, 5.74) is 3.52. The first-order valence-electron chi connectivity index (χ1n) is 9.63. The summed E-state index contributed by atoms with van der Waals surface area (Å²) >= 11 is 11.9. The normalized spacial score (nSPS) is 12.1. The van der Waals surface area contributed by atoms with Crippen LogP contribution in [0.1, 0.15) is 43.1 Å². The number of carbonyl (C=O) groups is 2. The summed E-state index contributed by atoms with van der Waals surface area (Å²) in [6, 6.07) is 11.1. The lowest BCUT2D eigenvalue weighted by atomic mass is 10.0. The lowest BCUT2D eigenvalue weighted by Gasteiger charge is -2.20. The van der Waals surface area contributed by atoms with Crippen LogP contribution in [0.4, 0.5) is 0 Å². The van der Waals surface area contributed by atoms with E-state index in [9.17, 15) is 9.59 Å². The summed E-state index contributed by atoms with van der Waals surface area (Å²) in [5.74, 6) is -0.272. The van der Waals surface area contributed by atoms with Crippen LogP contribution in [0.15, 0.2) is 47.6 Å². The highest BCUT2D eigenvalue weighted by atomic mass is 35.5. The number of hydrogen-bond donors (Lipinski definition) is 2.